The lowest BCUT2D eigenvalue weighted by molar-refractivity contribution is -0.132. The topological polar surface area (TPSA) is 58.7 Å². The van der Waals surface area contributed by atoms with Gasteiger partial charge in [-0.25, -0.2) is 5.01 Å². The molecule has 1 aliphatic heterocycles. The molecule has 1 amide bonds. The standard InChI is InChI=1S/C12H23N3O/c1-4-11-10(6-5-7-13)12(16)15(14-11)8-9(2)3/h9-10H,4-8,13H2,1-3H3. The van der Waals surface area contributed by atoms with Crippen molar-refractivity contribution in [2.75, 3.05) is 13.1 Å². The van der Waals surface area contributed by atoms with E-state index < -0.39 is 0 Å². The minimum Gasteiger partial charge on any atom is -0.330 e. The molecular weight excluding hydrogens is 202 g/mol. The first-order valence-electron chi connectivity index (χ1n) is 6.19. The highest BCUT2D eigenvalue weighted by Crippen LogP contribution is 2.22. The molecule has 0 bridgehead atoms. The molecule has 0 aromatic rings. The van der Waals surface area contributed by atoms with Crippen LogP contribution in [0.4, 0.5) is 0 Å². The van der Waals surface area contributed by atoms with Gasteiger partial charge in [-0.05, 0) is 31.7 Å². The molecular formula is C12H23N3O. The van der Waals surface area contributed by atoms with E-state index in [1.54, 1.807) is 5.01 Å². The van der Waals surface area contributed by atoms with E-state index in [2.05, 4.69) is 25.9 Å². The molecule has 1 aliphatic rings. The molecule has 4 heteroatoms. The third-order valence-corrected chi connectivity index (χ3v) is 2.80. The zero-order valence-electron chi connectivity index (χ0n) is 10.6. The van der Waals surface area contributed by atoms with Crippen molar-refractivity contribution in [3.05, 3.63) is 0 Å². The van der Waals surface area contributed by atoms with Gasteiger partial charge in [0.25, 0.3) is 5.91 Å². The van der Waals surface area contributed by atoms with Crippen molar-refractivity contribution in [1.29, 1.82) is 0 Å². The second-order valence-electron chi connectivity index (χ2n) is 4.74. The minimum absolute atomic E-state index is 0.00713. The summed E-state index contributed by atoms with van der Waals surface area (Å²) in [7, 11) is 0. The van der Waals surface area contributed by atoms with Gasteiger partial charge in [0.2, 0.25) is 0 Å². The fourth-order valence-electron chi connectivity index (χ4n) is 2.00. The van der Waals surface area contributed by atoms with Crippen LogP contribution in [0, 0.1) is 11.8 Å². The molecule has 16 heavy (non-hydrogen) atoms. The van der Waals surface area contributed by atoms with Crippen LogP contribution in [0.25, 0.3) is 0 Å². The highest BCUT2D eigenvalue weighted by molar-refractivity contribution is 6.07. The molecule has 1 unspecified atom stereocenters. The Morgan fingerprint density at radius 2 is 2.19 bits per heavy atom. The predicted octanol–water partition coefficient (Wildman–Crippen LogP) is 1.61. The normalized spacial score (nSPS) is 20.8. The Kier molecular flexibility index (Phi) is 4.93. The summed E-state index contributed by atoms with van der Waals surface area (Å²) in [5.74, 6) is 0.616. The second-order valence-corrected chi connectivity index (χ2v) is 4.74. The van der Waals surface area contributed by atoms with E-state index in [1.165, 1.54) is 0 Å². The highest BCUT2D eigenvalue weighted by atomic mass is 16.2. The van der Waals surface area contributed by atoms with Crippen molar-refractivity contribution < 1.29 is 4.79 Å². The summed E-state index contributed by atoms with van der Waals surface area (Å²) < 4.78 is 0. The van der Waals surface area contributed by atoms with Crippen LogP contribution in [-0.2, 0) is 4.79 Å². The maximum atomic E-state index is 12.1. The van der Waals surface area contributed by atoms with Gasteiger partial charge in [-0.1, -0.05) is 20.8 Å². The molecule has 4 nitrogen and oxygen atoms in total. The number of carbonyl (C=O) groups excluding carboxylic acids is 1. The minimum atomic E-state index is -0.00713. The summed E-state index contributed by atoms with van der Waals surface area (Å²) in [6.45, 7) is 7.62. The lowest BCUT2D eigenvalue weighted by Crippen LogP contribution is -2.30. The van der Waals surface area contributed by atoms with Crippen LogP contribution in [0.15, 0.2) is 5.10 Å². The van der Waals surface area contributed by atoms with Crippen LogP contribution < -0.4 is 5.73 Å². The Morgan fingerprint density at radius 1 is 1.50 bits per heavy atom. The van der Waals surface area contributed by atoms with Crippen molar-refractivity contribution in [2.45, 2.75) is 40.0 Å². The Morgan fingerprint density at radius 3 is 2.69 bits per heavy atom. The zero-order valence-corrected chi connectivity index (χ0v) is 10.6. The van der Waals surface area contributed by atoms with Gasteiger partial charge < -0.3 is 5.73 Å². The van der Waals surface area contributed by atoms with Gasteiger partial charge in [-0.3, -0.25) is 4.79 Å². The lowest BCUT2D eigenvalue weighted by atomic mass is 9.96. The summed E-state index contributed by atoms with van der Waals surface area (Å²) >= 11 is 0. The number of nitrogens with two attached hydrogens (primary N) is 1. The van der Waals surface area contributed by atoms with Gasteiger partial charge in [0.05, 0.1) is 11.6 Å². The van der Waals surface area contributed by atoms with Crippen LogP contribution in [0.1, 0.15) is 40.0 Å². The van der Waals surface area contributed by atoms with E-state index in [0.29, 0.717) is 12.5 Å². The number of hydrogen-bond acceptors (Lipinski definition) is 3. The van der Waals surface area contributed by atoms with Crippen LogP contribution >= 0.6 is 0 Å². The maximum absolute atomic E-state index is 12.1. The molecule has 0 aromatic carbocycles. The fourth-order valence-corrected chi connectivity index (χ4v) is 2.00. The number of nitrogens with zero attached hydrogens (tertiary/aromatic N) is 2. The van der Waals surface area contributed by atoms with Crippen LogP contribution in [0.2, 0.25) is 0 Å². The van der Waals surface area contributed by atoms with Gasteiger partial charge in [-0.2, -0.15) is 5.10 Å². The summed E-state index contributed by atoms with van der Waals surface area (Å²) in [5.41, 5.74) is 6.52. The summed E-state index contributed by atoms with van der Waals surface area (Å²) in [6.07, 6.45) is 2.59. The molecule has 2 N–H and O–H groups in total. The van der Waals surface area contributed by atoms with Crippen molar-refractivity contribution in [3.63, 3.8) is 0 Å². The van der Waals surface area contributed by atoms with Crippen molar-refractivity contribution in [2.24, 2.45) is 22.7 Å². The largest absolute Gasteiger partial charge is 0.330 e. The summed E-state index contributed by atoms with van der Waals surface area (Å²) in [4.78, 5) is 12.1. The highest BCUT2D eigenvalue weighted by Gasteiger charge is 2.34. The molecule has 0 saturated heterocycles. The first-order chi connectivity index (χ1) is 7.60. The van der Waals surface area contributed by atoms with Crippen molar-refractivity contribution in [3.8, 4) is 0 Å². The SMILES string of the molecule is CCC1=NN(CC(C)C)C(=O)C1CCCN. The van der Waals surface area contributed by atoms with E-state index >= 15 is 0 Å². The number of hydrazone groups is 1. The number of amides is 1. The lowest BCUT2D eigenvalue weighted by Gasteiger charge is -2.16. The Bertz CT molecular complexity index is 273. The van der Waals surface area contributed by atoms with Crippen molar-refractivity contribution >= 4 is 11.6 Å². The van der Waals surface area contributed by atoms with Crippen LogP contribution in [0.3, 0.4) is 0 Å². The number of carbonyl (C=O) groups is 1. The molecule has 1 atom stereocenters. The monoisotopic (exact) mass is 225 g/mol. The Hall–Kier alpha value is -0.900. The summed E-state index contributed by atoms with van der Waals surface area (Å²) in [5, 5.41) is 6.07. The maximum Gasteiger partial charge on any atom is 0.251 e. The smallest absolute Gasteiger partial charge is 0.251 e. The fraction of sp³-hybridized carbons (Fsp3) is 0.833. The Labute approximate surface area is 97.9 Å². The third-order valence-electron chi connectivity index (χ3n) is 2.80. The van der Waals surface area contributed by atoms with Crippen LogP contribution in [-0.4, -0.2) is 29.7 Å². The van der Waals surface area contributed by atoms with E-state index in [0.717, 1.165) is 31.5 Å². The molecule has 0 fully saturated rings. The predicted molar refractivity (Wildman–Crippen MR) is 66.1 cm³/mol. The molecule has 0 radical (unpaired) electrons. The first-order valence-corrected chi connectivity index (χ1v) is 6.19. The number of hydrogen-bond donors (Lipinski definition) is 1. The van der Waals surface area contributed by atoms with Gasteiger partial charge in [0.15, 0.2) is 0 Å². The molecule has 0 aliphatic carbocycles. The summed E-state index contributed by atoms with van der Waals surface area (Å²) in [6, 6.07) is 0. The molecule has 92 valence electrons. The van der Waals surface area contributed by atoms with Gasteiger partial charge in [0.1, 0.15) is 0 Å². The molecule has 0 saturated carbocycles. The van der Waals surface area contributed by atoms with E-state index in [9.17, 15) is 4.79 Å². The Balaban J connectivity index is 2.66. The van der Waals surface area contributed by atoms with E-state index in [4.69, 9.17) is 5.73 Å². The third kappa shape index (κ3) is 3.04. The van der Waals surface area contributed by atoms with Gasteiger partial charge >= 0.3 is 0 Å². The van der Waals surface area contributed by atoms with Gasteiger partial charge in [0, 0.05) is 6.54 Å². The average molecular weight is 225 g/mol. The number of rotatable bonds is 6. The van der Waals surface area contributed by atoms with Crippen LogP contribution in [0.5, 0.6) is 0 Å². The average Bonchev–Trinajstić information content (AvgIpc) is 2.52. The quantitative estimate of drug-likeness (QED) is 0.746. The second kappa shape index (κ2) is 5.99. The van der Waals surface area contributed by atoms with E-state index in [1.807, 2.05) is 0 Å². The molecule has 0 aromatic heterocycles. The van der Waals surface area contributed by atoms with Gasteiger partial charge in [-0.15, -0.1) is 0 Å². The zero-order chi connectivity index (χ0) is 12.1. The molecule has 0 spiro atoms. The first kappa shape index (κ1) is 13.2. The van der Waals surface area contributed by atoms with Crippen molar-refractivity contribution in [1.82, 2.24) is 5.01 Å². The molecule has 1 rings (SSSR count). The van der Waals surface area contributed by atoms with E-state index in [-0.39, 0.29) is 11.8 Å². The molecule has 1 heterocycles.